The zero-order valence-corrected chi connectivity index (χ0v) is 11.8. The van der Waals surface area contributed by atoms with Gasteiger partial charge in [0.25, 0.3) is 5.69 Å². The van der Waals surface area contributed by atoms with E-state index in [0.29, 0.717) is 25.5 Å². The predicted octanol–water partition coefficient (Wildman–Crippen LogP) is 0.683. The third-order valence-corrected chi connectivity index (χ3v) is 5.03. The molecule has 0 spiro atoms. The maximum absolute atomic E-state index is 11.5. The number of aromatic nitrogens is 1. The first-order chi connectivity index (χ1) is 9.42. The van der Waals surface area contributed by atoms with Crippen molar-refractivity contribution >= 4 is 21.5 Å². The topological polar surface area (TPSA) is 105 Å². The molecule has 0 atom stereocenters. The molecular weight excluding hydrogens is 284 g/mol. The third-order valence-electron chi connectivity index (χ3n) is 3.21. The summed E-state index contributed by atoms with van der Waals surface area (Å²) in [6.07, 6.45) is 1.19. The van der Waals surface area contributed by atoms with Crippen molar-refractivity contribution < 1.29 is 13.3 Å². The fraction of sp³-hybridized carbons (Fsp3) is 0.545. The van der Waals surface area contributed by atoms with Crippen LogP contribution in [0.15, 0.2) is 18.3 Å². The average Bonchev–Trinajstić information content (AvgIpc) is 2.37. The Kier molecular flexibility index (Phi) is 4.19. The Morgan fingerprint density at radius 2 is 2.20 bits per heavy atom. The zero-order chi connectivity index (χ0) is 14.8. The zero-order valence-electron chi connectivity index (χ0n) is 11.0. The SMILES string of the molecule is CCS(=O)(=O)N1CC(CNc2ccc([N+](=O)[O-])cn2)C1. The van der Waals surface area contributed by atoms with Crippen LogP contribution < -0.4 is 5.32 Å². The van der Waals surface area contributed by atoms with E-state index in [9.17, 15) is 18.5 Å². The Morgan fingerprint density at radius 3 is 2.70 bits per heavy atom. The fourth-order valence-corrected chi connectivity index (χ4v) is 3.15. The van der Waals surface area contributed by atoms with Crippen molar-refractivity contribution in [3.05, 3.63) is 28.4 Å². The molecule has 20 heavy (non-hydrogen) atoms. The quantitative estimate of drug-likeness (QED) is 0.612. The summed E-state index contributed by atoms with van der Waals surface area (Å²) in [5.74, 6) is 0.914. The van der Waals surface area contributed by atoms with Gasteiger partial charge in [0.05, 0.1) is 10.7 Å². The van der Waals surface area contributed by atoms with Crippen molar-refractivity contribution in [2.75, 3.05) is 30.7 Å². The van der Waals surface area contributed by atoms with Gasteiger partial charge in [-0.05, 0) is 13.0 Å². The minimum atomic E-state index is -3.08. The van der Waals surface area contributed by atoms with Gasteiger partial charge in [-0.15, -0.1) is 0 Å². The molecule has 0 aromatic carbocycles. The number of pyridine rings is 1. The van der Waals surface area contributed by atoms with Gasteiger partial charge in [0.2, 0.25) is 10.0 Å². The lowest BCUT2D eigenvalue weighted by molar-refractivity contribution is -0.385. The second-order valence-electron chi connectivity index (χ2n) is 4.62. The number of nitrogens with zero attached hydrogens (tertiary/aromatic N) is 3. The molecule has 1 saturated heterocycles. The van der Waals surface area contributed by atoms with Crippen molar-refractivity contribution in [2.24, 2.45) is 5.92 Å². The molecule has 0 unspecified atom stereocenters. The van der Waals surface area contributed by atoms with Crippen LogP contribution in [0.2, 0.25) is 0 Å². The molecule has 1 aliphatic rings. The van der Waals surface area contributed by atoms with Crippen LogP contribution in [0.3, 0.4) is 0 Å². The molecule has 1 fully saturated rings. The van der Waals surface area contributed by atoms with E-state index in [1.165, 1.54) is 22.6 Å². The maximum atomic E-state index is 11.5. The lowest BCUT2D eigenvalue weighted by Gasteiger charge is -2.37. The molecule has 0 aliphatic carbocycles. The van der Waals surface area contributed by atoms with Crippen LogP contribution in [0.5, 0.6) is 0 Å². The van der Waals surface area contributed by atoms with Gasteiger partial charge in [0.15, 0.2) is 0 Å². The first-order valence-electron chi connectivity index (χ1n) is 6.24. The van der Waals surface area contributed by atoms with Crippen molar-refractivity contribution in [3.63, 3.8) is 0 Å². The first kappa shape index (κ1) is 14.7. The van der Waals surface area contributed by atoms with Crippen LogP contribution in [0.25, 0.3) is 0 Å². The minimum absolute atomic E-state index is 0.0561. The standard InChI is InChI=1S/C11H16N4O4S/c1-2-20(18,19)14-7-9(8-14)5-12-11-4-3-10(6-13-11)15(16)17/h3-4,6,9H,2,5,7-8H2,1H3,(H,12,13). The largest absolute Gasteiger partial charge is 0.370 e. The minimum Gasteiger partial charge on any atom is -0.370 e. The van der Waals surface area contributed by atoms with E-state index in [2.05, 4.69) is 10.3 Å². The van der Waals surface area contributed by atoms with Crippen LogP contribution in [-0.4, -0.2) is 48.0 Å². The molecule has 8 nitrogen and oxygen atoms in total. The van der Waals surface area contributed by atoms with Crippen LogP contribution in [0.4, 0.5) is 11.5 Å². The van der Waals surface area contributed by atoms with E-state index in [0.717, 1.165) is 0 Å². The van der Waals surface area contributed by atoms with Gasteiger partial charge < -0.3 is 5.32 Å². The predicted molar refractivity (Wildman–Crippen MR) is 73.9 cm³/mol. The number of sulfonamides is 1. The number of anilines is 1. The maximum Gasteiger partial charge on any atom is 0.287 e. The fourth-order valence-electron chi connectivity index (χ4n) is 1.91. The van der Waals surface area contributed by atoms with E-state index in [-0.39, 0.29) is 17.4 Å². The number of rotatable bonds is 6. The molecule has 2 heterocycles. The molecule has 110 valence electrons. The summed E-state index contributed by atoms with van der Waals surface area (Å²) in [4.78, 5) is 13.9. The van der Waals surface area contributed by atoms with Gasteiger partial charge in [0.1, 0.15) is 12.0 Å². The highest BCUT2D eigenvalue weighted by Gasteiger charge is 2.34. The Balaban J connectivity index is 1.79. The van der Waals surface area contributed by atoms with Crippen LogP contribution in [0.1, 0.15) is 6.92 Å². The lowest BCUT2D eigenvalue weighted by atomic mass is 10.0. The van der Waals surface area contributed by atoms with E-state index < -0.39 is 14.9 Å². The number of hydrogen-bond acceptors (Lipinski definition) is 6. The Bertz CT molecular complexity index is 581. The summed E-state index contributed by atoms with van der Waals surface area (Å²) < 4.78 is 24.5. The number of nitro groups is 1. The normalized spacial score (nSPS) is 16.6. The highest BCUT2D eigenvalue weighted by Crippen LogP contribution is 2.20. The van der Waals surface area contributed by atoms with Gasteiger partial charge in [-0.25, -0.2) is 17.7 Å². The van der Waals surface area contributed by atoms with Gasteiger partial charge in [-0.1, -0.05) is 0 Å². The monoisotopic (exact) mass is 300 g/mol. The van der Waals surface area contributed by atoms with Crippen molar-refractivity contribution in [3.8, 4) is 0 Å². The van der Waals surface area contributed by atoms with E-state index in [4.69, 9.17) is 0 Å². The summed E-state index contributed by atoms with van der Waals surface area (Å²) in [6.45, 7) is 3.24. The molecule has 1 N–H and O–H groups in total. The highest BCUT2D eigenvalue weighted by atomic mass is 32.2. The highest BCUT2D eigenvalue weighted by molar-refractivity contribution is 7.89. The van der Waals surface area contributed by atoms with Crippen LogP contribution in [-0.2, 0) is 10.0 Å². The number of hydrogen-bond donors (Lipinski definition) is 1. The van der Waals surface area contributed by atoms with E-state index in [1.807, 2.05) is 0 Å². The van der Waals surface area contributed by atoms with Gasteiger partial charge in [-0.3, -0.25) is 10.1 Å². The molecule has 1 aromatic heterocycles. The molecule has 1 aromatic rings. The van der Waals surface area contributed by atoms with Gasteiger partial charge in [0, 0.05) is 31.6 Å². The van der Waals surface area contributed by atoms with E-state index in [1.54, 1.807) is 6.92 Å². The third kappa shape index (κ3) is 3.23. The van der Waals surface area contributed by atoms with Gasteiger partial charge >= 0.3 is 0 Å². The van der Waals surface area contributed by atoms with Crippen molar-refractivity contribution in [2.45, 2.75) is 6.92 Å². The lowest BCUT2D eigenvalue weighted by Crippen LogP contribution is -2.52. The van der Waals surface area contributed by atoms with E-state index >= 15 is 0 Å². The molecular formula is C11H16N4O4S. The summed E-state index contributed by atoms with van der Waals surface area (Å²) in [5, 5.41) is 13.5. The molecule has 1 aliphatic heterocycles. The second kappa shape index (κ2) is 5.71. The molecule has 2 rings (SSSR count). The Labute approximate surface area is 117 Å². The Morgan fingerprint density at radius 1 is 1.50 bits per heavy atom. The van der Waals surface area contributed by atoms with Crippen LogP contribution >= 0.6 is 0 Å². The molecule has 0 saturated carbocycles. The molecule has 0 bridgehead atoms. The summed E-state index contributed by atoms with van der Waals surface area (Å²) >= 11 is 0. The van der Waals surface area contributed by atoms with Gasteiger partial charge in [-0.2, -0.15) is 0 Å². The average molecular weight is 300 g/mol. The first-order valence-corrected chi connectivity index (χ1v) is 7.85. The Hall–Kier alpha value is -1.74. The summed E-state index contributed by atoms with van der Waals surface area (Å²) in [6, 6.07) is 2.92. The molecule has 0 radical (unpaired) electrons. The molecule has 0 amide bonds. The number of nitrogens with one attached hydrogen (secondary N) is 1. The molecule has 9 heteroatoms. The van der Waals surface area contributed by atoms with Crippen LogP contribution in [0, 0.1) is 16.0 Å². The summed E-state index contributed by atoms with van der Waals surface area (Å²) in [7, 11) is -3.08. The summed E-state index contributed by atoms with van der Waals surface area (Å²) in [5.41, 5.74) is -0.0561. The van der Waals surface area contributed by atoms with Crippen molar-refractivity contribution in [1.82, 2.24) is 9.29 Å². The smallest absolute Gasteiger partial charge is 0.287 e. The second-order valence-corrected chi connectivity index (χ2v) is 6.88. The van der Waals surface area contributed by atoms with Crippen molar-refractivity contribution in [1.29, 1.82) is 0 Å².